The topological polar surface area (TPSA) is 80.5 Å². The van der Waals surface area contributed by atoms with Gasteiger partial charge in [0.25, 0.3) is 0 Å². The van der Waals surface area contributed by atoms with Crippen molar-refractivity contribution in [2.24, 2.45) is 0 Å². The molecule has 0 spiro atoms. The van der Waals surface area contributed by atoms with Gasteiger partial charge in [-0.2, -0.15) is 9.97 Å². The maximum Gasteiger partial charge on any atom is 0.234 e. The number of ether oxygens (including phenoxy) is 4. The standard InChI is InChI=1S/C28H22N4O4/c1-33-27-26(20-5-3-2-4-6-20)28(36-22-10-8-21(9-11-22)32-14-13-29-17-32)31-25(30-27)16-19-7-12-23-24(15-19)35-18-34-23/h2-15,17H,16,18H2,1H3. The predicted octanol–water partition coefficient (Wildman–Crippen LogP) is 5.45. The molecule has 0 N–H and O–H groups in total. The predicted molar refractivity (Wildman–Crippen MR) is 133 cm³/mol. The van der Waals surface area contributed by atoms with Gasteiger partial charge in [0.15, 0.2) is 11.5 Å². The SMILES string of the molecule is COc1nc(Cc2ccc3c(c2)OCO3)nc(Oc2ccc(-n3ccnc3)cc2)c1-c1ccccc1. The van der Waals surface area contributed by atoms with Gasteiger partial charge >= 0.3 is 0 Å². The summed E-state index contributed by atoms with van der Waals surface area (Å²) in [6.45, 7) is 0.229. The monoisotopic (exact) mass is 478 g/mol. The first-order chi connectivity index (χ1) is 17.8. The molecule has 8 heteroatoms. The first-order valence-corrected chi connectivity index (χ1v) is 11.4. The molecule has 3 aromatic carbocycles. The molecule has 0 radical (unpaired) electrons. The molecule has 3 heterocycles. The van der Waals surface area contributed by atoms with Crippen LogP contribution in [0.15, 0.2) is 91.5 Å². The number of nitrogens with zero attached hydrogens (tertiary/aromatic N) is 4. The lowest BCUT2D eigenvalue weighted by atomic mass is 10.1. The average molecular weight is 479 g/mol. The molecular formula is C28H22N4O4. The third kappa shape index (κ3) is 4.32. The molecule has 0 unspecified atom stereocenters. The number of aromatic nitrogens is 4. The van der Waals surface area contributed by atoms with E-state index in [9.17, 15) is 0 Å². The first kappa shape index (κ1) is 21.7. The second-order valence-corrected chi connectivity index (χ2v) is 8.13. The zero-order valence-corrected chi connectivity index (χ0v) is 19.5. The Morgan fingerprint density at radius 2 is 1.69 bits per heavy atom. The fraction of sp³-hybridized carbons (Fsp3) is 0.107. The van der Waals surface area contributed by atoms with Crippen molar-refractivity contribution >= 4 is 0 Å². The van der Waals surface area contributed by atoms with E-state index in [0.717, 1.165) is 28.3 Å². The van der Waals surface area contributed by atoms with Crippen LogP contribution < -0.4 is 18.9 Å². The number of benzene rings is 3. The van der Waals surface area contributed by atoms with Crippen LogP contribution >= 0.6 is 0 Å². The Bertz CT molecular complexity index is 1490. The Labute approximate surface area is 207 Å². The summed E-state index contributed by atoms with van der Waals surface area (Å²) in [5.74, 6) is 3.52. The van der Waals surface area contributed by atoms with Gasteiger partial charge < -0.3 is 23.5 Å². The molecule has 8 nitrogen and oxygen atoms in total. The van der Waals surface area contributed by atoms with E-state index in [0.29, 0.717) is 35.3 Å². The minimum Gasteiger partial charge on any atom is -0.480 e. The van der Waals surface area contributed by atoms with E-state index < -0.39 is 0 Å². The Balaban J connectivity index is 1.38. The fourth-order valence-corrected chi connectivity index (χ4v) is 4.06. The van der Waals surface area contributed by atoms with Crippen molar-refractivity contribution in [1.29, 1.82) is 0 Å². The zero-order valence-electron chi connectivity index (χ0n) is 19.5. The third-order valence-corrected chi connectivity index (χ3v) is 5.80. The number of hydrogen-bond acceptors (Lipinski definition) is 7. The van der Waals surface area contributed by atoms with Gasteiger partial charge in [-0.15, -0.1) is 0 Å². The molecule has 1 aliphatic rings. The molecular weight excluding hydrogens is 456 g/mol. The summed E-state index contributed by atoms with van der Waals surface area (Å²) in [5.41, 5.74) is 3.55. The van der Waals surface area contributed by atoms with E-state index in [1.165, 1.54) is 0 Å². The molecule has 178 valence electrons. The summed E-state index contributed by atoms with van der Waals surface area (Å²) in [7, 11) is 1.60. The maximum atomic E-state index is 6.33. The molecule has 5 aromatic rings. The van der Waals surface area contributed by atoms with E-state index in [1.807, 2.05) is 83.6 Å². The fourth-order valence-electron chi connectivity index (χ4n) is 4.06. The number of methoxy groups -OCH3 is 1. The molecule has 0 bridgehead atoms. The van der Waals surface area contributed by atoms with Gasteiger partial charge in [0.2, 0.25) is 18.6 Å². The quantitative estimate of drug-likeness (QED) is 0.308. The van der Waals surface area contributed by atoms with Crippen molar-refractivity contribution in [3.8, 4) is 45.8 Å². The van der Waals surface area contributed by atoms with E-state index in [-0.39, 0.29) is 6.79 Å². The Hall–Kier alpha value is -4.85. The lowest BCUT2D eigenvalue weighted by Gasteiger charge is -2.15. The van der Waals surface area contributed by atoms with Crippen LogP contribution in [0.2, 0.25) is 0 Å². The van der Waals surface area contributed by atoms with E-state index >= 15 is 0 Å². The summed E-state index contributed by atoms with van der Waals surface area (Å²) >= 11 is 0. The molecule has 2 aromatic heterocycles. The number of rotatable bonds is 7. The Kier molecular flexibility index (Phi) is 5.67. The second kappa shape index (κ2) is 9.42. The van der Waals surface area contributed by atoms with Crippen LogP contribution in [0, 0.1) is 0 Å². The molecule has 0 saturated carbocycles. The largest absolute Gasteiger partial charge is 0.480 e. The molecule has 0 atom stereocenters. The highest BCUT2D eigenvalue weighted by Gasteiger charge is 2.20. The van der Waals surface area contributed by atoms with Crippen molar-refractivity contribution in [1.82, 2.24) is 19.5 Å². The van der Waals surface area contributed by atoms with Crippen molar-refractivity contribution < 1.29 is 18.9 Å². The summed E-state index contributed by atoms with van der Waals surface area (Å²) in [6, 6.07) is 23.4. The Morgan fingerprint density at radius 3 is 2.47 bits per heavy atom. The highest BCUT2D eigenvalue weighted by molar-refractivity contribution is 5.74. The van der Waals surface area contributed by atoms with Gasteiger partial charge in [-0.1, -0.05) is 36.4 Å². The van der Waals surface area contributed by atoms with Crippen LogP contribution in [-0.4, -0.2) is 33.4 Å². The summed E-state index contributed by atoms with van der Waals surface area (Å²) in [5, 5.41) is 0. The zero-order chi connectivity index (χ0) is 24.3. The third-order valence-electron chi connectivity index (χ3n) is 5.80. The smallest absolute Gasteiger partial charge is 0.234 e. The van der Waals surface area contributed by atoms with Gasteiger partial charge in [-0.05, 0) is 47.5 Å². The molecule has 6 rings (SSSR count). The lowest BCUT2D eigenvalue weighted by molar-refractivity contribution is 0.174. The highest BCUT2D eigenvalue weighted by Crippen LogP contribution is 2.39. The molecule has 0 aliphatic carbocycles. The molecule has 36 heavy (non-hydrogen) atoms. The summed E-state index contributed by atoms with van der Waals surface area (Å²) in [4.78, 5) is 13.6. The van der Waals surface area contributed by atoms with Gasteiger partial charge in [0.1, 0.15) is 17.1 Å². The summed E-state index contributed by atoms with van der Waals surface area (Å²) in [6.07, 6.45) is 5.85. The molecule has 0 fully saturated rings. The average Bonchev–Trinajstić information content (AvgIpc) is 3.62. The maximum absolute atomic E-state index is 6.33. The molecule has 1 aliphatic heterocycles. The van der Waals surface area contributed by atoms with E-state index in [4.69, 9.17) is 28.9 Å². The van der Waals surface area contributed by atoms with Crippen molar-refractivity contribution in [2.75, 3.05) is 13.9 Å². The van der Waals surface area contributed by atoms with Crippen molar-refractivity contribution in [2.45, 2.75) is 6.42 Å². The van der Waals surface area contributed by atoms with Crippen LogP contribution in [0.5, 0.6) is 29.0 Å². The van der Waals surface area contributed by atoms with Crippen molar-refractivity contribution in [3.05, 3.63) is 103 Å². The first-order valence-electron chi connectivity index (χ1n) is 11.4. The minimum atomic E-state index is 0.229. The normalized spacial score (nSPS) is 11.9. The molecule has 0 saturated heterocycles. The number of imidazole rings is 1. The van der Waals surface area contributed by atoms with Gasteiger partial charge in [-0.25, -0.2) is 4.98 Å². The minimum absolute atomic E-state index is 0.229. The van der Waals surface area contributed by atoms with Crippen LogP contribution in [0.25, 0.3) is 16.8 Å². The van der Waals surface area contributed by atoms with Crippen LogP contribution in [0.3, 0.4) is 0 Å². The highest BCUT2D eigenvalue weighted by atomic mass is 16.7. The Morgan fingerprint density at radius 1 is 0.889 bits per heavy atom. The van der Waals surface area contributed by atoms with E-state index in [2.05, 4.69) is 4.98 Å². The van der Waals surface area contributed by atoms with Crippen LogP contribution in [-0.2, 0) is 6.42 Å². The van der Waals surface area contributed by atoms with Gasteiger partial charge in [-0.3, -0.25) is 0 Å². The summed E-state index contributed by atoms with van der Waals surface area (Å²) < 4.78 is 24.9. The van der Waals surface area contributed by atoms with Gasteiger partial charge in [0, 0.05) is 24.5 Å². The lowest BCUT2D eigenvalue weighted by Crippen LogP contribution is -2.04. The van der Waals surface area contributed by atoms with Crippen molar-refractivity contribution in [3.63, 3.8) is 0 Å². The van der Waals surface area contributed by atoms with Crippen LogP contribution in [0.4, 0.5) is 0 Å². The van der Waals surface area contributed by atoms with E-state index in [1.54, 1.807) is 19.6 Å². The molecule has 0 amide bonds. The number of fused-ring (bicyclic) bond motifs is 1. The number of hydrogen-bond donors (Lipinski definition) is 0. The second-order valence-electron chi connectivity index (χ2n) is 8.13. The van der Waals surface area contributed by atoms with Crippen LogP contribution in [0.1, 0.15) is 11.4 Å². The van der Waals surface area contributed by atoms with Gasteiger partial charge in [0.05, 0.1) is 13.4 Å².